The molecule has 0 saturated heterocycles. The second-order valence-electron chi connectivity index (χ2n) is 6.64. The third-order valence-corrected chi connectivity index (χ3v) is 4.39. The highest BCUT2D eigenvalue weighted by Gasteiger charge is 2.21. The molecule has 0 radical (unpaired) electrons. The Balaban J connectivity index is 2.50. The topological polar surface area (TPSA) is 16.1 Å². The SMILES string of the molecule is CC(C)c1cccc(C(C)C)c1N(C)C(C)c1ccccn1. The fraction of sp³-hybridized carbons (Fsp3) is 0.450. The van der Waals surface area contributed by atoms with Gasteiger partial charge in [-0.1, -0.05) is 52.0 Å². The van der Waals surface area contributed by atoms with Crippen molar-refractivity contribution in [2.24, 2.45) is 0 Å². The lowest BCUT2D eigenvalue weighted by molar-refractivity contribution is 0.694. The van der Waals surface area contributed by atoms with Gasteiger partial charge in [0.2, 0.25) is 0 Å². The van der Waals surface area contributed by atoms with Crippen molar-refractivity contribution >= 4 is 5.69 Å². The third kappa shape index (κ3) is 3.32. The second-order valence-corrected chi connectivity index (χ2v) is 6.64. The zero-order valence-electron chi connectivity index (χ0n) is 14.7. The average molecular weight is 296 g/mol. The Hall–Kier alpha value is -1.83. The Morgan fingerprint density at radius 1 is 0.818 bits per heavy atom. The van der Waals surface area contributed by atoms with E-state index >= 15 is 0 Å². The van der Waals surface area contributed by atoms with Crippen LogP contribution in [0.5, 0.6) is 0 Å². The molecule has 0 aliphatic rings. The van der Waals surface area contributed by atoms with Crippen LogP contribution in [0.3, 0.4) is 0 Å². The highest BCUT2D eigenvalue weighted by atomic mass is 15.1. The average Bonchev–Trinajstić information content (AvgIpc) is 2.53. The summed E-state index contributed by atoms with van der Waals surface area (Å²) < 4.78 is 0. The number of pyridine rings is 1. The van der Waals surface area contributed by atoms with Crippen LogP contribution in [0.15, 0.2) is 42.6 Å². The minimum atomic E-state index is 0.249. The van der Waals surface area contributed by atoms with Gasteiger partial charge in [-0.05, 0) is 42.0 Å². The summed E-state index contributed by atoms with van der Waals surface area (Å²) in [5.41, 5.74) is 5.30. The van der Waals surface area contributed by atoms with Crippen LogP contribution in [0, 0.1) is 0 Å². The minimum Gasteiger partial charge on any atom is -0.366 e. The van der Waals surface area contributed by atoms with E-state index in [2.05, 4.69) is 81.9 Å². The van der Waals surface area contributed by atoms with Gasteiger partial charge in [0.1, 0.15) is 0 Å². The van der Waals surface area contributed by atoms with E-state index in [-0.39, 0.29) is 6.04 Å². The molecule has 1 atom stereocenters. The summed E-state index contributed by atoms with van der Waals surface area (Å²) in [6, 6.07) is 13.1. The Kier molecular flexibility index (Phi) is 5.23. The Labute approximate surface area is 135 Å². The van der Waals surface area contributed by atoms with Gasteiger partial charge in [-0.2, -0.15) is 0 Å². The summed E-state index contributed by atoms with van der Waals surface area (Å²) in [5, 5.41) is 0. The van der Waals surface area contributed by atoms with Crippen LogP contribution in [-0.2, 0) is 0 Å². The Morgan fingerprint density at radius 2 is 1.41 bits per heavy atom. The first-order valence-electron chi connectivity index (χ1n) is 8.20. The van der Waals surface area contributed by atoms with Crippen LogP contribution < -0.4 is 4.90 Å². The first kappa shape index (κ1) is 16.5. The molecular formula is C20H28N2. The number of hydrogen-bond acceptors (Lipinski definition) is 2. The number of nitrogens with zero attached hydrogens (tertiary/aromatic N) is 2. The standard InChI is InChI=1S/C20H28N2/c1-14(2)17-10-9-11-18(15(3)4)20(17)22(6)16(5)19-12-7-8-13-21-19/h7-16H,1-6H3. The molecule has 2 rings (SSSR count). The van der Waals surface area contributed by atoms with Crippen LogP contribution in [0.1, 0.15) is 69.3 Å². The van der Waals surface area contributed by atoms with Gasteiger partial charge in [-0.25, -0.2) is 0 Å². The summed E-state index contributed by atoms with van der Waals surface area (Å²) in [4.78, 5) is 6.91. The van der Waals surface area contributed by atoms with E-state index in [0.29, 0.717) is 11.8 Å². The van der Waals surface area contributed by atoms with Crippen LogP contribution in [0.4, 0.5) is 5.69 Å². The summed E-state index contributed by atoms with van der Waals surface area (Å²) in [6.07, 6.45) is 1.87. The molecule has 1 aromatic heterocycles. The Morgan fingerprint density at radius 3 is 1.86 bits per heavy atom. The predicted octanol–water partition coefficient (Wildman–Crippen LogP) is 5.53. The number of para-hydroxylation sites is 1. The van der Waals surface area contributed by atoms with E-state index in [1.54, 1.807) is 0 Å². The van der Waals surface area contributed by atoms with Gasteiger partial charge in [0.15, 0.2) is 0 Å². The maximum Gasteiger partial charge on any atom is 0.0682 e. The lowest BCUT2D eigenvalue weighted by Crippen LogP contribution is -2.25. The van der Waals surface area contributed by atoms with E-state index in [0.717, 1.165) is 5.69 Å². The molecule has 0 aliphatic carbocycles. The molecule has 0 aliphatic heterocycles. The highest BCUT2D eigenvalue weighted by Crippen LogP contribution is 2.37. The zero-order valence-corrected chi connectivity index (χ0v) is 14.7. The quantitative estimate of drug-likeness (QED) is 0.721. The van der Waals surface area contributed by atoms with Crippen LogP contribution in [-0.4, -0.2) is 12.0 Å². The minimum absolute atomic E-state index is 0.249. The number of aromatic nitrogens is 1. The van der Waals surface area contributed by atoms with Crippen molar-refractivity contribution in [2.75, 3.05) is 11.9 Å². The molecule has 0 fully saturated rings. The Bertz CT molecular complexity index is 576. The van der Waals surface area contributed by atoms with Crippen molar-refractivity contribution < 1.29 is 0 Å². The normalized spacial score (nSPS) is 12.7. The van der Waals surface area contributed by atoms with Gasteiger partial charge in [-0.15, -0.1) is 0 Å². The fourth-order valence-electron chi connectivity index (χ4n) is 2.93. The van der Waals surface area contributed by atoms with E-state index in [9.17, 15) is 0 Å². The fourth-order valence-corrected chi connectivity index (χ4v) is 2.93. The largest absolute Gasteiger partial charge is 0.366 e. The molecule has 0 amide bonds. The molecule has 1 aromatic carbocycles. The predicted molar refractivity (Wildman–Crippen MR) is 95.7 cm³/mol. The van der Waals surface area contributed by atoms with E-state index in [1.807, 2.05) is 12.3 Å². The van der Waals surface area contributed by atoms with Gasteiger partial charge >= 0.3 is 0 Å². The maximum absolute atomic E-state index is 4.53. The van der Waals surface area contributed by atoms with Gasteiger partial charge in [0, 0.05) is 18.9 Å². The first-order valence-corrected chi connectivity index (χ1v) is 8.20. The van der Waals surface area contributed by atoms with E-state index in [1.165, 1.54) is 16.8 Å². The summed E-state index contributed by atoms with van der Waals surface area (Å²) in [5.74, 6) is 1.01. The summed E-state index contributed by atoms with van der Waals surface area (Å²) >= 11 is 0. The van der Waals surface area contributed by atoms with Crippen molar-refractivity contribution in [1.29, 1.82) is 0 Å². The molecule has 22 heavy (non-hydrogen) atoms. The van der Waals surface area contributed by atoms with Crippen molar-refractivity contribution in [1.82, 2.24) is 4.98 Å². The number of hydrogen-bond donors (Lipinski definition) is 0. The molecule has 0 N–H and O–H groups in total. The molecule has 1 heterocycles. The smallest absolute Gasteiger partial charge is 0.0682 e. The van der Waals surface area contributed by atoms with Crippen molar-refractivity contribution in [3.63, 3.8) is 0 Å². The number of anilines is 1. The van der Waals surface area contributed by atoms with Crippen molar-refractivity contribution in [3.8, 4) is 0 Å². The van der Waals surface area contributed by atoms with Crippen molar-refractivity contribution in [3.05, 3.63) is 59.4 Å². The third-order valence-electron chi connectivity index (χ3n) is 4.39. The molecule has 0 bridgehead atoms. The summed E-state index contributed by atoms with van der Waals surface area (Å²) in [6.45, 7) is 11.3. The van der Waals surface area contributed by atoms with E-state index < -0.39 is 0 Å². The molecule has 0 saturated carbocycles. The number of benzene rings is 1. The lowest BCUT2D eigenvalue weighted by atomic mass is 9.91. The molecule has 2 aromatic rings. The van der Waals surface area contributed by atoms with Gasteiger partial charge in [0.25, 0.3) is 0 Å². The maximum atomic E-state index is 4.53. The van der Waals surface area contributed by atoms with Gasteiger partial charge in [-0.3, -0.25) is 4.98 Å². The van der Waals surface area contributed by atoms with Gasteiger partial charge < -0.3 is 4.90 Å². The summed E-state index contributed by atoms with van der Waals surface area (Å²) in [7, 11) is 2.19. The molecule has 118 valence electrons. The lowest BCUT2D eigenvalue weighted by Gasteiger charge is -2.33. The molecule has 2 nitrogen and oxygen atoms in total. The molecule has 2 heteroatoms. The van der Waals surface area contributed by atoms with Crippen molar-refractivity contribution in [2.45, 2.75) is 52.5 Å². The molecule has 0 spiro atoms. The second kappa shape index (κ2) is 6.95. The van der Waals surface area contributed by atoms with Crippen LogP contribution >= 0.6 is 0 Å². The van der Waals surface area contributed by atoms with Gasteiger partial charge in [0.05, 0.1) is 11.7 Å². The monoisotopic (exact) mass is 296 g/mol. The number of rotatable bonds is 5. The van der Waals surface area contributed by atoms with E-state index in [4.69, 9.17) is 0 Å². The van der Waals surface area contributed by atoms with Crippen LogP contribution in [0.25, 0.3) is 0 Å². The van der Waals surface area contributed by atoms with Crippen LogP contribution in [0.2, 0.25) is 0 Å². The first-order chi connectivity index (χ1) is 10.4. The zero-order chi connectivity index (χ0) is 16.3. The molecular weight excluding hydrogens is 268 g/mol. The molecule has 1 unspecified atom stereocenters. The highest BCUT2D eigenvalue weighted by molar-refractivity contribution is 5.62.